The van der Waals surface area contributed by atoms with Crippen molar-refractivity contribution in [3.8, 4) is 5.69 Å². The summed E-state index contributed by atoms with van der Waals surface area (Å²) in [6.07, 6.45) is -0.427. The normalized spacial score (nSPS) is 17.0. The molecule has 6 rings (SSSR count). The Balaban J connectivity index is 1.50. The van der Waals surface area contributed by atoms with Gasteiger partial charge in [0.25, 0.3) is 11.5 Å². The number of aryl methyl sites for hydroxylation is 1. The molecule has 0 saturated carbocycles. The average molecular weight is 520 g/mol. The highest BCUT2D eigenvalue weighted by molar-refractivity contribution is 6.37. The van der Waals surface area contributed by atoms with Crippen LogP contribution in [0.15, 0.2) is 70.0 Å². The van der Waals surface area contributed by atoms with Gasteiger partial charge in [-0.15, -0.1) is 0 Å². The van der Waals surface area contributed by atoms with Crippen molar-refractivity contribution in [2.24, 2.45) is 0 Å². The summed E-state index contributed by atoms with van der Waals surface area (Å²) in [4.78, 5) is 26.6. The van der Waals surface area contributed by atoms with E-state index in [0.717, 1.165) is 11.1 Å². The number of carbonyl (C=O) groups excluding carboxylic acids is 1. The molecule has 2 heterocycles. The number of pyridine rings is 1. The molecule has 0 bridgehead atoms. The minimum atomic E-state index is -0.808. The molecule has 3 aromatic carbocycles. The predicted octanol–water partition coefficient (Wildman–Crippen LogP) is 5.14. The van der Waals surface area contributed by atoms with Crippen molar-refractivity contribution >= 4 is 50.9 Å². The van der Waals surface area contributed by atoms with Gasteiger partial charge in [0, 0.05) is 28.1 Å². The van der Waals surface area contributed by atoms with Crippen molar-refractivity contribution < 1.29 is 14.4 Å². The average Bonchev–Trinajstić information content (AvgIpc) is 3.39. The molecule has 0 fully saturated rings. The van der Waals surface area contributed by atoms with Crippen molar-refractivity contribution in [3.05, 3.63) is 104 Å². The van der Waals surface area contributed by atoms with E-state index in [1.807, 2.05) is 18.2 Å². The predicted molar refractivity (Wildman–Crippen MR) is 138 cm³/mol. The van der Waals surface area contributed by atoms with E-state index < -0.39 is 12.1 Å². The van der Waals surface area contributed by atoms with Crippen molar-refractivity contribution in [1.82, 2.24) is 15.0 Å². The molecule has 2 atom stereocenters. The first-order valence-electron chi connectivity index (χ1n) is 11.3. The molecule has 1 aliphatic carbocycles. The monoisotopic (exact) mass is 519 g/mol. The Kier molecular flexibility index (Phi) is 5.37. The first kappa shape index (κ1) is 22.8. The number of nitrogens with one attached hydrogen (secondary N) is 1. The molecule has 5 aromatic rings. The standard InChI is InChI=1S/C27H19Cl2N3O4/c1-13-22-25(31-36-13)23-19(29)3-2-4-20(23)32(27(22)35)17-10-7-15-11-21(33)24(18(15)12-17)30-26(34)14-5-8-16(28)9-6-14/h2-10,12,21,24,33H,11H2,1H3,(H,30,34). The van der Waals surface area contributed by atoms with Crippen LogP contribution in [-0.2, 0) is 6.42 Å². The maximum atomic E-state index is 13.7. The molecule has 0 radical (unpaired) electrons. The van der Waals surface area contributed by atoms with Gasteiger partial charge in [0.05, 0.1) is 22.7 Å². The number of aliphatic hydroxyl groups excluding tert-OH is 1. The number of halogens is 2. The van der Waals surface area contributed by atoms with E-state index in [4.69, 9.17) is 27.7 Å². The second-order valence-electron chi connectivity index (χ2n) is 8.85. The third-order valence-electron chi connectivity index (χ3n) is 6.68. The van der Waals surface area contributed by atoms with Crippen molar-refractivity contribution in [1.29, 1.82) is 0 Å². The quantitative estimate of drug-likeness (QED) is 0.344. The minimum absolute atomic E-state index is 0.293. The zero-order valence-corrected chi connectivity index (χ0v) is 20.5. The molecule has 180 valence electrons. The lowest BCUT2D eigenvalue weighted by atomic mass is 10.0. The van der Waals surface area contributed by atoms with Gasteiger partial charge >= 0.3 is 0 Å². The van der Waals surface area contributed by atoms with Gasteiger partial charge < -0.3 is 14.9 Å². The van der Waals surface area contributed by atoms with Gasteiger partial charge in [-0.2, -0.15) is 0 Å². The number of hydrogen-bond acceptors (Lipinski definition) is 5. The Morgan fingerprint density at radius 3 is 2.67 bits per heavy atom. The van der Waals surface area contributed by atoms with E-state index in [0.29, 0.717) is 55.3 Å². The summed E-state index contributed by atoms with van der Waals surface area (Å²) in [5.41, 5.74) is 3.35. The number of aromatic nitrogens is 2. The molecule has 1 aliphatic rings. The Bertz CT molecular complexity index is 1740. The van der Waals surface area contributed by atoms with Crippen LogP contribution in [0.4, 0.5) is 0 Å². The van der Waals surface area contributed by atoms with Crippen LogP contribution in [0, 0.1) is 6.92 Å². The Labute approximate surface area is 214 Å². The first-order chi connectivity index (χ1) is 17.3. The SMILES string of the molecule is Cc1onc2c1c(=O)n(-c1ccc3c(c1)C(NC(=O)c1ccc(Cl)cc1)C(O)C3)c1cccc(Cl)c21. The summed E-state index contributed by atoms with van der Waals surface area (Å²) in [6.45, 7) is 1.69. The third kappa shape index (κ3) is 3.51. The summed E-state index contributed by atoms with van der Waals surface area (Å²) in [5, 5.41) is 19.7. The van der Waals surface area contributed by atoms with Gasteiger partial charge in [0.2, 0.25) is 0 Å². The number of aliphatic hydroxyl groups is 1. The molecular weight excluding hydrogens is 501 g/mol. The van der Waals surface area contributed by atoms with Gasteiger partial charge in [0.1, 0.15) is 16.7 Å². The van der Waals surface area contributed by atoms with Crippen LogP contribution in [0.1, 0.15) is 33.3 Å². The highest BCUT2D eigenvalue weighted by Crippen LogP contribution is 2.35. The van der Waals surface area contributed by atoms with Crippen LogP contribution in [0.25, 0.3) is 27.5 Å². The Morgan fingerprint density at radius 1 is 1.11 bits per heavy atom. The smallest absolute Gasteiger partial charge is 0.268 e. The summed E-state index contributed by atoms with van der Waals surface area (Å²) < 4.78 is 6.90. The second-order valence-corrected chi connectivity index (χ2v) is 9.69. The second kappa shape index (κ2) is 8.48. The molecular formula is C27H19Cl2N3O4. The number of rotatable bonds is 3. The highest BCUT2D eigenvalue weighted by Gasteiger charge is 2.33. The molecule has 2 aromatic heterocycles. The molecule has 0 aliphatic heterocycles. The fourth-order valence-corrected chi connectivity index (χ4v) is 5.34. The number of amides is 1. The Hall–Kier alpha value is -3.65. The zero-order chi connectivity index (χ0) is 25.1. The van der Waals surface area contributed by atoms with E-state index in [1.165, 1.54) is 0 Å². The highest BCUT2D eigenvalue weighted by atomic mass is 35.5. The molecule has 2 N–H and O–H groups in total. The van der Waals surface area contributed by atoms with E-state index in [1.54, 1.807) is 54.0 Å². The zero-order valence-electron chi connectivity index (χ0n) is 19.0. The van der Waals surface area contributed by atoms with E-state index >= 15 is 0 Å². The van der Waals surface area contributed by atoms with Crippen LogP contribution in [0.2, 0.25) is 10.0 Å². The molecule has 9 heteroatoms. The molecule has 0 spiro atoms. The molecule has 36 heavy (non-hydrogen) atoms. The van der Waals surface area contributed by atoms with Crippen LogP contribution in [0.5, 0.6) is 0 Å². The fraction of sp³-hybridized carbons (Fsp3) is 0.148. The van der Waals surface area contributed by atoms with E-state index in [9.17, 15) is 14.7 Å². The summed E-state index contributed by atoms with van der Waals surface area (Å²) in [7, 11) is 0. The van der Waals surface area contributed by atoms with Gasteiger partial charge in [0.15, 0.2) is 0 Å². The largest absolute Gasteiger partial charge is 0.390 e. The van der Waals surface area contributed by atoms with Crippen molar-refractivity contribution in [3.63, 3.8) is 0 Å². The fourth-order valence-electron chi connectivity index (χ4n) is 4.95. The molecule has 0 saturated heterocycles. The lowest BCUT2D eigenvalue weighted by molar-refractivity contribution is 0.0858. The first-order valence-corrected chi connectivity index (χ1v) is 12.1. The van der Waals surface area contributed by atoms with Crippen LogP contribution >= 0.6 is 23.2 Å². The van der Waals surface area contributed by atoms with Gasteiger partial charge in [-0.25, -0.2) is 0 Å². The molecule has 7 nitrogen and oxygen atoms in total. The molecule has 2 unspecified atom stereocenters. The summed E-state index contributed by atoms with van der Waals surface area (Å²) in [6, 6.07) is 16.7. The lowest BCUT2D eigenvalue weighted by Gasteiger charge is -2.19. The van der Waals surface area contributed by atoms with Crippen molar-refractivity contribution in [2.45, 2.75) is 25.5 Å². The number of fused-ring (bicyclic) bond motifs is 4. The van der Waals surface area contributed by atoms with Crippen LogP contribution < -0.4 is 10.9 Å². The lowest BCUT2D eigenvalue weighted by Crippen LogP contribution is -2.34. The topological polar surface area (TPSA) is 97.4 Å². The van der Waals surface area contributed by atoms with Gasteiger partial charge in [-0.1, -0.05) is 40.5 Å². The van der Waals surface area contributed by atoms with E-state index in [2.05, 4.69) is 10.5 Å². The van der Waals surface area contributed by atoms with Crippen LogP contribution in [0.3, 0.4) is 0 Å². The minimum Gasteiger partial charge on any atom is -0.390 e. The number of hydrogen-bond donors (Lipinski definition) is 2. The summed E-state index contributed by atoms with van der Waals surface area (Å²) in [5.74, 6) is 0.0696. The van der Waals surface area contributed by atoms with Crippen LogP contribution in [-0.4, -0.2) is 26.8 Å². The van der Waals surface area contributed by atoms with E-state index in [-0.39, 0.29) is 11.5 Å². The third-order valence-corrected chi connectivity index (χ3v) is 7.25. The Morgan fingerprint density at radius 2 is 1.89 bits per heavy atom. The maximum Gasteiger partial charge on any atom is 0.268 e. The van der Waals surface area contributed by atoms with Crippen molar-refractivity contribution in [2.75, 3.05) is 0 Å². The number of nitrogens with zero attached hydrogens (tertiary/aromatic N) is 2. The summed E-state index contributed by atoms with van der Waals surface area (Å²) >= 11 is 12.5. The number of benzene rings is 3. The molecule has 1 amide bonds. The maximum absolute atomic E-state index is 13.7. The van der Waals surface area contributed by atoms with Gasteiger partial charge in [-0.05, 0) is 66.6 Å². The number of carbonyl (C=O) groups is 1. The van der Waals surface area contributed by atoms with Gasteiger partial charge in [-0.3, -0.25) is 14.2 Å².